The summed E-state index contributed by atoms with van der Waals surface area (Å²) in [6.07, 6.45) is 1.13. The van der Waals surface area contributed by atoms with Crippen LogP contribution in [0.4, 0.5) is 0 Å². The molecule has 0 aliphatic rings. The Hall–Kier alpha value is -1.47. The Morgan fingerprint density at radius 2 is 2.35 bits per heavy atom. The number of carbonyl (C=O) groups is 1. The van der Waals surface area contributed by atoms with Gasteiger partial charge in [-0.3, -0.25) is 14.2 Å². The van der Waals surface area contributed by atoms with E-state index in [2.05, 4.69) is 10.3 Å². The lowest BCUT2D eigenvalue weighted by molar-refractivity contribution is -0.121. The second-order valence-corrected chi connectivity index (χ2v) is 5.98. The molecule has 20 heavy (non-hydrogen) atoms. The molecule has 0 saturated heterocycles. The maximum Gasteiger partial charge on any atom is 0.272 e. The van der Waals surface area contributed by atoms with Crippen LogP contribution in [-0.4, -0.2) is 21.5 Å². The average Bonchev–Trinajstić information content (AvgIpc) is 2.86. The topological polar surface area (TPSA) is 66.9 Å². The van der Waals surface area contributed by atoms with Crippen molar-refractivity contribution in [1.82, 2.24) is 14.9 Å². The minimum absolute atomic E-state index is 0.0630. The van der Waals surface area contributed by atoms with Crippen molar-refractivity contribution in [2.75, 3.05) is 0 Å². The van der Waals surface area contributed by atoms with Crippen molar-refractivity contribution < 1.29 is 4.79 Å². The number of hydrogen-bond acceptors (Lipinski definition) is 4. The second-order valence-electron chi connectivity index (χ2n) is 4.68. The highest BCUT2D eigenvalue weighted by Gasteiger charge is 2.10. The fourth-order valence-corrected chi connectivity index (χ4v) is 2.92. The zero-order valence-corrected chi connectivity index (χ0v) is 13.1. The fourth-order valence-electron chi connectivity index (χ4n) is 1.84. The molecule has 2 aromatic rings. The molecule has 0 aromatic carbocycles. The molecule has 7 heteroatoms. The van der Waals surface area contributed by atoms with Gasteiger partial charge in [-0.25, -0.2) is 0 Å². The summed E-state index contributed by atoms with van der Waals surface area (Å²) < 4.78 is 2.45. The largest absolute Gasteiger partial charge is 0.354 e. The summed E-state index contributed by atoms with van der Waals surface area (Å²) in [5, 5.41) is 4.72. The summed E-state index contributed by atoms with van der Waals surface area (Å²) in [5.41, 5.74) is 0.625. The highest BCUT2D eigenvalue weighted by Crippen LogP contribution is 2.13. The van der Waals surface area contributed by atoms with Crippen molar-refractivity contribution in [3.63, 3.8) is 0 Å². The van der Waals surface area contributed by atoms with Gasteiger partial charge in [-0.2, -0.15) is 0 Å². The van der Waals surface area contributed by atoms with E-state index in [0.29, 0.717) is 16.0 Å². The summed E-state index contributed by atoms with van der Waals surface area (Å²) in [6, 6.07) is 1.98. The van der Waals surface area contributed by atoms with E-state index in [9.17, 15) is 9.59 Å². The number of nitrogens with zero attached hydrogens (tertiary/aromatic N) is 1. The number of rotatable bonds is 5. The number of fused-ring (bicyclic) bond motifs is 1. The number of nitrogens with one attached hydrogen (secondary N) is 2. The van der Waals surface area contributed by atoms with Gasteiger partial charge in [-0.1, -0.05) is 6.92 Å². The zero-order chi connectivity index (χ0) is 14.7. The molecule has 2 aromatic heterocycles. The van der Waals surface area contributed by atoms with Gasteiger partial charge >= 0.3 is 0 Å². The SMILES string of the molecule is CCC(C)NC(=O)CCn1c(=S)[nH]c2ccsc2c1=O. The van der Waals surface area contributed by atoms with Crippen LogP contribution in [0.1, 0.15) is 26.7 Å². The first kappa shape index (κ1) is 14.9. The molecule has 0 aliphatic carbocycles. The van der Waals surface area contributed by atoms with Gasteiger partial charge in [0.1, 0.15) is 4.70 Å². The number of carbonyl (C=O) groups excluding carboxylic acids is 1. The van der Waals surface area contributed by atoms with Crippen LogP contribution in [0.2, 0.25) is 0 Å². The normalized spacial score (nSPS) is 12.5. The molecule has 2 rings (SSSR count). The summed E-state index contributed by atoms with van der Waals surface area (Å²) >= 11 is 6.55. The smallest absolute Gasteiger partial charge is 0.272 e. The molecular formula is C13H17N3O2S2. The third kappa shape index (κ3) is 3.16. The Morgan fingerprint density at radius 1 is 1.60 bits per heavy atom. The molecule has 0 radical (unpaired) electrons. The Morgan fingerprint density at radius 3 is 3.05 bits per heavy atom. The van der Waals surface area contributed by atoms with E-state index in [4.69, 9.17) is 12.2 Å². The van der Waals surface area contributed by atoms with Gasteiger partial charge in [-0.05, 0) is 37.0 Å². The van der Waals surface area contributed by atoms with Crippen LogP contribution in [0.3, 0.4) is 0 Å². The molecule has 0 aliphatic heterocycles. The van der Waals surface area contributed by atoms with E-state index in [0.717, 1.165) is 11.9 Å². The lowest BCUT2D eigenvalue weighted by Gasteiger charge is -2.11. The monoisotopic (exact) mass is 311 g/mol. The molecule has 2 heterocycles. The Labute approximate surface area is 125 Å². The van der Waals surface area contributed by atoms with Gasteiger partial charge < -0.3 is 10.3 Å². The first-order valence-electron chi connectivity index (χ1n) is 6.52. The van der Waals surface area contributed by atoms with Crippen LogP contribution >= 0.6 is 23.6 Å². The van der Waals surface area contributed by atoms with E-state index in [1.54, 1.807) is 0 Å². The number of thiophene rings is 1. The van der Waals surface area contributed by atoms with Crippen LogP contribution in [-0.2, 0) is 11.3 Å². The molecule has 0 bridgehead atoms. The number of aromatic amines is 1. The van der Waals surface area contributed by atoms with E-state index >= 15 is 0 Å². The Bertz CT molecular complexity index is 729. The number of hydrogen-bond donors (Lipinski definition) is 2. The summed E-state index contributed by atoms with van der Waals surface area (Å²) in [6.45, 7) is 4.26. The standard InChI is InChI=1S/C13H17N3O2S2/c1-3-8(2)14-10(17)4-6-16-12(18)11-9(5-7-20-11)15-13(16)19/h5,7-8H,3-4,6H2,1-2H3,(H,14,17)(H,15,19). The van der Waals surface area contributed by atoms with Crippen molar-refractivity contribution in [3.05, 3.63) is 26.6 Å². The Balaban J connectivity index is 2.16. The van der Waals surface area contributed by atoms with Crippen LogP contribution in [0.25, 0.3) is 10.2 Å². The number of amides is 1. The minimum atomic E-state index is -0.130. The van der Waals surface area contributed by atoms with Gasteiger partial charge in [0.05, 0.1) is 5.52 Å². The third-order valence-corrected chi connectivity index (χ3v) is 4.40. The third-order valence-electron chi connectivity index (χ3n) is 3.17. The van der Waals surface area contributed by atoms with Crippen LogP contribution in [0.15, 0.2) is 16.2 Å². The predicted octanol–water partition coefficient (Wildman–Crippen LogP) is 2.43. The van der Waals surface area contributed by atoms with Crippen molar-refractivity contribution in [2.45, 2.75) is 39.3 Å². The molecule has 1 unspecified atom stereocenters. The summed E-state index contributed by atoms with van der Waals surface area (Å²) in [7, 11) is 0. The quantitative estimate of drug-likeness (QED) is 0.833. The van der Waals surface area contributed by atoms with Crippen molar-refractivity contribution >= 4 is 39.7 Å². The predicted molar refractivity (Wildman–Crippen MR) is 83.8 cm³/mol. The fraction of sp³-hybridized carbons (Fsp3) is 0.462. The molecule has 1 atom stereocenters. The summed E-state index contributed by atoms with van der Waals surface area (Å²) in [4.78, 5) is 27.0. The summed E-state index contributed by atoms with van der Waals surface area (Å²) in [5.74, 6) is -0.0630. The van der Waals surface area contributed by atoms with Crippen molar-refractivity contribution in [3.8, 4) is 0 Å². The van der Waals surface area contributed by atoms with Crippen LogP contribution < -0.4 is 10.9 Å². The van der Waals surface area contributed by atoms with Crippen LogP contribution in [0, 0.1) is 4.77 Å². The van der Waals surface area contributed by atoms with E-state index in [1.165, 1.54) is 15.9 Å². The molecular weight excluding hydrogens is 294 g/mol. The molecule has 1 amide bonds. The van der Waals surface area contributed by atoms with Gasteiger partial charge in [0, 0.05) is 19.0 Å². The molecule has 0 fully saturated rings. The van der Waals surface area contributed by atoms with Crippen LogP contribution in [0.5, 0.6) is 0 Å². The maximum absolute atomic E-state index is 12.3. The van der Waals surface area contributed by atoms with E-state index in [1.807, 2.05) is 25.3 Å². The van der Waals surface area contributed by atoms with Gasteiger partial charge in [0.15, 0.2) is 4.77 Å². The zero-order valence-electron chi connectivity index (χ0n) is 11.4. The highest BCUT2D eigenvalue weighted by molar-refractivity contribution is 7.71. The maximum atomic E-state index is 12.3. The van der Waals surface area contributed by atoms with Gasteiger partial charge in [0.2, 0.25) is 5.91 Å². The van der Waals surface area contributed by atoms with E-state index in [-0.39, 0.29) is 23.9 Å². The second kappa shape index (κ2) is 6.32. The first-order valence-corrected chi connectivity index (χ1v) is 7.81. The Kier molecular flexibility index (Phi) is 4.72. The van der Waals surface area contributed by atoms with Gasteiger partial charge in [0.25, 0.3) is 5.56 Å². The van der Waals surface area contributed by atoms with Crippen molar-refractivity contribution in [1.29, 1.82) is 0 Å². The number of aromatic nitrogens is 2. The average molecular weight is 311 g/mol. The van der Waals surface area contributed by atoms with E-state index < -0.39 is 0 Å². The lowest BCUT2D eigenvalue weighted by atomic mass is 10.2. The lowest BCUT2D eigenvalue weighted by Crippen LogP contribution is -2.33. The molecule has 5 nitrogen and oxygen atoms in total. The minimum Gasteiger partial charge on any atom is -0.354 e. The molecule has 108 valence electrons. The van der Waals surface area contributed by atoms with Crippen molar-refractivity contribution in [2.24, 2.45) is 0 Å². The molecule has 0 spiro atoms. The van der Waals surface area contributed by atoms with Gasteiger partial charge in [-0.15, -0.1) is 11.3 Å². The number of H-pyrrole nitrogens is 1. The highest BCUT2D eigenvalue weighted by atomic mass is 32.1. The molecule has 2 N–H and O–H groups in total. The first-order chi connectivity index (χ1) is 9.52. The molecule has 0 saturated carbocycles.